The van der Waals surface area contributed by atoms with E-state index in [4.69, 9.17) is 34.7 Å². The van der Waals surface area contributed by atoms with Crippen LogP contribution in [0.2, 0.25) is 0 Å². The Morgan fingerprint density at radius 3 is 1.91 bits per heavy atom. The largest absolute Gasteiger partial charge is 0.480 e. The maximum absolute atomic E-state index is 13.9. The first kappa shape index (κ1) is 61.7. The number of carbonyl (C=O) groups excluding carboxylic acids is 4. The summed E-state index contributed by atoms with van der Waals surface area (Å²) in [5.74, 6) is 2.55. The molecule has 5 N–H and O–H groups in total. The smallest absolute Gasteiger partial charge is 0.322 e. The number of likely N-dealkylation sites (tertiary alicyclic amines) is 1. The molecule has 0 aliphatic carbocycles. The fourth-order valence-corrected chi connectivity index (χ4v) is 8.05. The highest BCUT2D eigenvalue weighted by atomic mass is 32.1. The zero-order chi connectivity index (χ0) is 49.5. The van der Waals surface area contributed by atoms with Gasteiger partial charge in [0.05, 0.1) is 95.5 Å². The fraction of sp³-hybridized carbons (Fsp3) is 0.804. The van der Waals surface area contributed by atoms with Gasteiger partial charge in [-0.25, -0.2) is 5.90 Å². The van der Waals surface area contributed by atoms with E-state index in [1.54, 1.807) is 35.1 Å². The maximum atomic E-state index is 13.9. The van der Waals surface area contributed by atoms with Crippen molar-refractivity contribution in [2.45, 2.75) is 118 Å². The van der Waals surface area contributed by atoms with Gasteiger partial charge in [0.2, 0.25) is 23.6 Å². The fourth-order valence-electron chi connectivity index (χ4n) is 7.38. The van der Waals surface area contributed by atoms with Crippen LogP contribution in [-0.2, 0) is 52.5 Å². The molecular formula is C46H86N6O12S. The Balaban J connectivity index is 0.00000362. The van der Waals surface area contributed by atoms with Crippen LogP contribution >= 0.6 is 11.3 Å². The summed E-state index contributed by atoms with van der Waals surface area (Å²) in [5.41, 5.74) is 1.36. The molecule has 1 aromatic rings. The highest BCUT2D eigenvalue weighted by Crippen LogP contribution is 2.29. The molecule has 18 nitrogen and oxygen atoms in total. The number of carboxylic acid groups (broad SMARTS) is 1. The molecule has 1 saturated heterocycles. The number of nitrogens with zero attached hydrogens (tertiary/aromatic N) is 3. The predicted molar refractivity (Wildman–Crippen MR) is 253 cm³/mol. The number of amides is 4. The zero-order valence-corrected chi connectivity index (χ0v) is 42.6. The summed E-state index contributed by atoms with van der Waals surface area (Å²) in [5, 5.41) is 18.4. The van der Waals surface area contributed by atoms with Crippen LogP contribution in [0.5, 0.6) is 0 Å². The minimum atomic E-state index is -1.16. The monoisotopic (exact) mass is 947 g/mol. The maximum Gasteiger partial charge on any atom is 0.322 e. The van der Waals surface area contributed by atoms with Crippen molar-refractivity contribution in [1.29, 1.82) is 0 Å². The van der Waals surface area contributed by atoms with Crippen molar-refractivity contribution >= 4 is 40.9 Å². The number of nitrogens with one attached hydrogen (secondary N) is 2. The van der Waals surface area contributed by atoms with Crippen LogP contribution in [0.3, 0.4) is 0 Å². The molecule has 2 heterocycles. The summed E-state index contributed by atoms with van der Waals surface area (Å²) in [4.78, 5) is 74.2. The third-order valence-corrected chi connectivity index (χ3v) is 11.6. The van der Waals surface area contributed by atoms with Crippen LogP contribution in [0.4, 0.5) is 0 Å². The Bertz CT molecular complexity index is 1440. The van der Waals surface area contributed by atoms with Gasteiger partial charge in [0.15, 0.2) is 0 Å². The van der Waals surface area contributed by atoms with E-state index in [0.29, 0.717) is 78.6 Å². The number of rotatable bonds is 30. The molecule has 0 saturated carbocycles. The van der Waals surface area contributed by atoms with Gasteiger partial charge in [-0.05, 0) is 67.0 Å². The predicted octanol–water partition coefficient (Wildman–Crippen LogP) is 3.84. The van der Waals surface area contributed by atoms with Crippen molar-refractivity contribution in [3.63, 3.8) is 0 Å². The van der Waals surface area contributed by atoms with Crippen molar-refractivity contribution < 1.29 is 57.6 Å². The number of methoxy groups -OCH3 is 2. The van der Waals surface area contributed by atoms with Gasteiger partial charge < -0.3 is 54.1 Å². The average molecular weight is 947 g/mol. The van der Waals surface area contributed by atoms with E-state index in [1.807, 2.05) is 39.6 Å². The van der Waals surface area contributed by atoms with E-state index in [0.717, 1.165) is 5.92 Å². The number of thiophene rings is 1. The van der Waals surface area contributed by atoms with Crippen molar-refractivity contribution in [2.75, 3.05) is 101 Å². The molecule has 0 aromatic carbocycles. The highest BCUT2D eigenvalue weighted by Gasteiger charge is 2.42. The van der Waals surface area contributed by atoms with Crippen molar-refractivity contribution in [3.8, 4) is 0 Å². The lowest BCUT2D eigenvalue weighted by atomic mass is 9.90. The van der Waals surface area contributed by atoms with Gasteiger partial charge in [-0.3, -0.25) is 28.9 Å². The molecule has 378 valence electrons. The van der Waals surface area contributed by atoms with Crippen LogP contribution < -0.4 is 16.5 Å². The van der Waals surface area contributed by atoms with Crippen LogP contribution in [0.15, 0.2) is 16.8 Å². The molecule has 0 spiro atoms. The van der Waals surface area contributed by atoms with Gasteiger partial charge in [0.25, 0.3) is 0 Å². The Labute approximate surface area is 393 Å². The number of aryl methyl sites for hydroxylation is 1. The minimum absolute atomic E-state index is 0.0179. The quantitative estimate of drug-likeness (QED) is 0.0637. The van der Waals surface area contributed by atoms with E-state index in [2.05, 4.69) is 60.0 Å². The van der Waals surface area contributed by atoms with Crippen molar-refractivity contribution in [1.82, 2.24) is 25.3 Å². The molecule has 0 radical (unpaired) electrons. The molecule has 7 unspecified atom stereocenters. The van der Waals surface area contributed by atoms with Gasteiger partial charge in [-0.1, -0.05) is 61.8 Å². The highest BCUT2D eigenvalue weighted by molar-refractivity contribution is 7.07. The van der Waals surface area contributed by atoms with E-state index < -0.39 is 54.7 Å². The lowest BCUT2D eigenvalue weighted by Gasteiger charge is -2.39. The average Bonchev–Trinajstić information content (AvgIpc) is 3.95. The summed E-state index contributed by atoms with van der Waals surface area (Å²) in [7, 11) is 6.49. The summed E-state index contributed by atoms with van der Waals surface area (Å²) < 4.78 is 28.0. The molecule has 1 aliphatic rings. The number of ether oxygens (including phenoxy) is 5. The molecule has 4 amide bonds. The van der Waals surface area contributed by atoms with Crippen molar-refractivity contribution in [2.24, 2.45) is 29.6 Å². The topological polar surface area (TPSA) is 221 Å². The van der Waals surface area contributed by atoms with E-state index in [-0.39, 0.29) is 42.5 Å². The van der Waals surface area contributed by atoms with Crippen LogP contribution in [0, 0.1) is 30.6 Å². The zero-order valence-electron chi connectivity index (χ0n) is 41.8. The minimum Gasteiger partial charge on any atom is -0.480 e. The number of likely N-dealkylation sites (N-methyl/N-ethyl adjacent to an activating group) is 2. The van der Waals surface area contributed by atoms with Gasteiger partial charge in [0.1, 0.15) is 6.54 Å². The Morgan fingerprint density at radius 1 is 0.877 bits per heavy atom. The van der Waals surface area contributed by atoms with Crippen LogP contribution in [0.1, 0.15) is 86.6 Å². The lowest BCUT2D eigenvalue weighted by molar-refractivity contribution is -0.146. The second-order valence-corrected chi connectivity index (χ2v) is 18.2. The van der Waals surface area contributed by atoms with Gasteiger partial charge in [0, 0.05) is 34.4 Å². The first-order valence-corrected chi connectivity index (χ1v) is 23.8. The number of carboxylic acids is 1. The van der Waals surface area contributed by atoms with E-state index >= 15 is 0 Å². The standard InChI is InChI=1S/C37H70N6O12.C5H6S.C4H10/c1-10-26(4)34(29(50-8)22-30(44)43-13-11-12-28(43)35(51-9)27(5)36(48)40-24-32(46)47)42(7)31(45)23-39-37(49)33(25(2)3)41(6)14-15-52-16-17-53-18-19-54-20-21-55-38;1-5-2-3-6-4-5;1-4(2)3/h25-29,33-35H,10-24,38H2,1-9H3,(H,39,49)(H,40,48)(H,46,47);2-4H,1H3;4H,1-3H3. The summed E-state index contributed by atoms with van der Waals surface area (Å²) in [6, 6.07) is 0.720. The first-order chi connectivity index (χ1) is 30.8. The molecule has 2 rings (SSSR count). The Hall–Kier alpha value is -3.27. The summed E-state index contributed by atoms with van der Waals surface area (Å²) in [6.45, 7) is 21.1. The van der Waals surface area contributed by atoms with Crippen LogP contribution in [0.25, 0.3) is 0 Å². The van der Waals surface area contributed by atoms with Crippen molar-refractivity contribution in [3.05, 3.63) is 22.4 Å². The second-order valence-electron chi connectivity index (χ2n) is 17.4. The summed E-state index contributed by atoms with van der Waals surface area (Å²) >= 11 is 1.74. The van der Waals surface area contributed by atoms with E-state index in [1.165, 1.54) is 19.8 Å². The number of carbonyl (C=O) groups is 5. The first-order valence-electron chi connectivity index (χ1n) is 22.9. The number of nitrogens with two attached hydrogens (primary N) is 1. The Kier molecular flexibility index (Phi) is 34.1. The third kappa shape index (κ3) is 25.4. The molecule has 1 aromatic heterocycles. The normalized spacial score (nSPS) is 16.4. The number of hydrogen-bond donors (Lipinski definition) is 4. The second kappa shape index (κ2) is 35.9. The molecule has 1 aliphatic heterocycles. The SMILES string of the molecule is CC(C)C.CCC(C)C(C(CC(=O)N1CCCC1C(OC)C(C)C(=O)NCC(=O)O)OC)N(C)C(=O)CNC(=O)C(C(C)C)N(C)CCOCCOCCOCCON.Cc1ccsc1. The molecule has 65 heavy (non-hydrogen) atoms. The van der Waals surface area contributed by atoms with Crippen LogP contribution in [-0.4, -0.2) is 180 Å². The molecule has 19 heteroatoms. The summed E-state index contributed by atoms with van der Waals surface area (Å²) in [6.07, 6.45) is 0.704. The molecule has 7 atom stereocenters. The van der Waals surface area contributed by atoms with Gasteiger partial charge in [-0.2, -0.15) is 11.3 Å². The molecule has 1 fully saturated rings. The van der Waals surface area contributed by atoms with Gasteiger partial charge >= 0.3 is 5.97 Å². The molecule has 0 bridgehead atoms. The van der Waals surface area contributed by atoms with E-state index in [9.17, 15) is 24.0 Å². The lowest BCUT2D eigenvalue weighted by Crippen LogP contribution is -2.55. The third-order valence-electron chi connectivity index (χ3n) is 10.8. The van der Waals surface area contributed by atoms with Gasteiger partial charge in [-0.15, -0.1) is 0 Å². The molecular weight excluding hydrogens is 861 g/mol. The Morgan fingerprint density at radius 2 is 1.45 bits per heavy atom. The number of aliphatic carboxylic acids is 1. The number of hydrogen-bond acceptors (Lipinski definition) is 14.